The maximum atomic E-state index is 5.85. The van der Waals surface area contributed by atoms with Crippen molar-refractivity contribution < 1.29 is 9.47 Å². The zero-order valence-corrected chi connectivity index (χ0v) is 19.7. The Morgan fingerprint density at radius 2 is 1.91 bits per heavy atom. The van der Waals surface area contributed by atoms with Gasteiger partial charge in [0.1, 0.15) is 18.2 Å². The summed E-state index contributed by atoms with van der Waals surface area (Å²) >= 11 is 0. The summed E-state index contributed by atoms with van der Waals surface area (Å²) < 4.78 is 13.4. The van der Waals surface area contributed by atoms with E-state index in [1.165, 1.54) is 0 Å². The summed E-state index contributed by atoms with van der Waals surface area (Å²) in [6, 6.07) is 8.32. The van der Waals surface area contributed by atoms with Crippen LogP contribution in [0.1, 0.15) is 24.1 Å². The number of hydrogen-bond acceptors (Lipinski definition) is 7. The minimum atomic E-state index is 0.318. The second kappa shape index (κ2) is 8.86. The minimum Gasteiger partial charge on any atom is -0.495 e. The van der Waals surface area contributed by atoms with Crippen LogP contribution in [-0.4, -0.2) is 60.8 Å². The molecule has 0 N–H and O–H groups in total. The van der Waals surface area contributed by atoms with E-state index in [0.29, 0.717) is 12.8 Å². The van der Waals surface area contributed by atoms with Crippen molar-refractivity contribution in [2.24, 2.45) is 12.0 Å². The number of nitrogens with zero attached hydrogens (tertiary/aromatic N) is 6. The van der Waals surface area contributed by atoms with Crippen LogP contribution in [0.3, 0.4) is 0 Å². The first-order valence-corrected chi connectivity index (χ1v) is 11.3. The second-order valence-electron chi connectivity index (χ2n) is 8.58. The molecule has 172 valence electrons. The molecule has 5 rings (SSSR count). The molecule has 1 saturated heterocycles. The summed E-state index contributed by atoms with van der Waals surface area (Å²) in [6.45, 7) is 4.39. The van der Waals surface area contributed by atoms with Gasteiger partial charge in [0.2, 0.25) is 0 Å². The molecule has 0 atom stereocenters. The van der Waals surface area contributed by atoms with Crippen molar-refractivity contribution >= 4 is 23.4 Å². The Hall–Kier alpha value is -3.39. The van der Waals surface area contributed by atoms with Gasteiger partial charge in [-0.05, 0) is 44.0 Å². The fraction of sp³-hybridized carbons (Fsp3) is 0.400. The summed E-state index contributed by atoms with van der Waals surface area (Å²) in [7, 11) is 5.50. The summed E-state index contributed by atoms with van der Waals surface area (Å²) in [5.74, 6) is 2.68. The first-order chi connectivity index (χ1) is 16.1. The van der Waals surface area contributed by atoms with E-state index in [4.69, 9.17) is 14.5 Å². The van der Waals surface area contributed by atoms with Crippen LogP contribution in [0.25, 0.3) is 11.4 Å². The molecular weight excluding hydrogens is 416 g/mol. The molecule has 2 aromatic heterocycles. The standard InChI is InChI=1S/C25H30N6O2/c1-17-13-19-15-26-16-31(23(19)25(28-17)30-10-7-20(32-3)8-11-30)21-6-5-18(14-22(21)33-4)24-27-9-12-29(24)2/h5-6,9,12-15,20H,7-8,10-11,16H2,1-4H3. The lowest BCUT2D eigenvalue weighted by Gasteiger charge is -2.37. The Balaban J connectivity index is 1.57. The molecule has 0 unspecified atom stereocenters. The molecule has 0 amide bonds. The van der Waals surface area contributed by atoms with Crippen LogP contribution in [-0.2, 0) is 11.8 Å². The zero-order chi connectivity index (χ0) is 22.9. The van der Waals surface area contributed by atoms with Crippen molar-refractivity contribution in [2.45, 2.75) is 25.9 Å². The SMILES string of the molecule is COc1cc(-c2nccn2C)ccc1N1CN=Cc2cc(C)nc(N3CCC(OC)CC3)c21. The predicted molar refractivity (Wildman–Crippen MR) is 131 cm³/mol. The number of benzene rings is 1. The molecule has 2 aliphatic heterocycles. The number of piperidine rings is 1. The van der Waals surface area contributed by atoms with E-state index in [1.807, 2.05) is 37.0 Å². The van der Waals surface area contributed by atoms with Crippen LogP contribution in [0, 0.1) is 6.92 Å². The van der Waals surface area contributed by atoms with Crippen LogP contribution < -0.4 is 14.5 Å². The molecule has 4 heterocycles. The number of aromatic nitrogens is 3. The van der Waals surface area contributed by atoms with Crippen LogP contribution in [0.15, 0.2) is 41.7 Å². The Morgan fingerprint density at radius 3 is 2.61 bits per heavy atom. The van der Waals surface area contributed by atoms with Gasteiger partial charge in [0.05, 0.1) is 24.6 Å². The van der Waals surface area contributed by atoms with Crippen molar-refractivity contribution in [3.63, 3.8) is 0 Å². The van der Waals surface area contributed by atoms with Gasteiger partial charge in [0.15, 0.2) is 5.82 Å². The average Bonchev–Trinajstić information content (AvgIpc) is 3.28. The fourth-order valence-electron chi connectivity index (χ4n) is 4.75. The summed E-state index contributed by atoms with van der Waals surface area (Å²) in [4.78, 5) is 18.7. The molecule has 8 heteroatoms. The maximum Gasteiger partial charge on any atom is 0.153 e. The minimum absolute atomic E-state index is 0.318. The topological polar surface area (TPSA) is 68.0 Å². The highest BCUT2D eigenvalue weighted by molar-refractivity contribution is 5.97. The van der Waals surface area contributed by atoms with E-state index in [2.05, 4.69) is 38.0 Å². The number of hydrogen-bond donors (Lipinski definition) is 0. The number of anilines is 3. The number of imidazole rings is 1. The van der Waals surface area contributed by atoms with Gasteiger partial charge < -0.3 is 23.8 Å². The van der Waals surface area contributed by atoms with E-state index < -0.39 is 0 Å². The lowest BCUT2D eigenvalue weighted by atomic mass is 10.1. The van der Waals surface area contributed by atoms with Crippen molar-refractivity contribution in [3.05, 3.63) is 47.9 Å². The Labute approximate surface area is 194 Å². The Bertz CT molecular complexity index is 1180. The molecule has 0 saturated carbocycles. The molecule has 0 radical (unpaired) electrons. The zero-order valence-electron chi connectivity index (χ0n) is 19.7. The quantitative estimate of drug-likeness (QED) is 0.591. The molecule has 33 heavy (non-hydrogen) atoms. The molecule has 1 aromatic carbocycles. The number of rotatable bonds is 5. The van der Waals surface area contributed by atoms with Crippen LogP contribution in [0.4, 0.5) is 17.2 Å². The number of fused-ring (bicyclic) bond motifs is 1. The highest BCUT2D eigenvalue weighted by Gasteiger charge is 2.29. The van der Waals surface area contributed by atoms with Crippen molar-refractivity contribution in [3.8, 4) is 17.1 Å². The van der Waals surface area contributed by atoms with E-state index in [-0.39, 0.29) is 0 Å². The van der Waals surface area contributed by atoms with Crippen molar-refractivity contribution in [1.82, 2.24) is 14.5 Å². The second-order valence-corrected chi connectivity index (χ2v) is 8.58. The summed E-state index contributed by atoms with van der Waals surface area (Å²) in [6.07, 6.45) is 8.02. The van der Waals surface area contributed by atoms with Gasteiger partial charge in [-0.15, -0.1) is 0 Å². The number of methoxy groups -OCH3 is 2. The third-order valence-electron chi connectivity index (χ3n) is 6.48. The van der Waals surface area contributed by atoms with E-state index in [0.717, 1.165) is 71.5 Å². The number of ether oxygens (including phenoxy) is 2. The average molecular weight is 447 g/mol. The molecule has 1 fully saturated rings. The van der Waals surface area contributed by atoms with Crippen LogP contribution in [0.5, 0.6) is 5.75 Å². The molecule has 0 spiro atoms. The predicted octanol–water partition coefficient (Wildman–Crippen LogP) is 3.94. The molecule has 0 aliphatic carbocycles. The van der Waals surface area contributed by atoms with Crippen molar-refractivity contribution in [2.75, 3.05) is 43.8 Å². The molecule has 2 aliphatic rings. The van der Waals surface area contributed by atoms with Gasteiger partial charge in [-0.1, -0.05) is 0 Å². The Kier molecular flexibility index (Phi) is 5.76. The largest absolute Gasteiger partial charge is 0.495 e. The van der Waals surface area contributed by atoms with E-state index in [9.17, 15) is 0 Å². The third-order valence-corrected chi connectivity index (χ3v) is 6.48. The highest BCUT2D eigenvalue weighted by Crippen LogP contribution is 2.43. The van der Waals surface area contributed by atoms with E-state index in [1.54, 1.807) is 20.4 Å². The fourth-order valence-corrected chi connectivity index (χ4v) is 4.75. The van der Waals surface area contributed by atoms with Crippen LogP contribution >= 0.6 is 0 Å². The van der Waals surface area contributed by atoms with Gasteiger partial charge >= 0.3 is 0 Å². The number of pyridine rings is 1. The van der Waals surface area contributed by atoms with Gasteiger partial charge in [-0.25, -0.2) is 9.97 Å². The molecule has 8 nitrogen and oxygen atoms in total. The highest BCUT2D eigenvalue weighted by atomic mass is 16.5. The number of aliphatic imine (C=N–C) groups is 1. The lowest BCUT2D eigenvalue weighted by Crippen LogP contribution is -2.38. The van der Waals surface area contributed by atoms with Gasteiger partial charge in [0, 0.05) is 62.7 Å². The third kappa shape index (κ3) is 3.95. The summed E-state index contributed by atoms with van der Waals surface area (Å²) in [5, 5.41) is 0. The van der Waals surface area contributed by atoms with Gasteiger partial charge in [-0.2, -0.15) is 0 Å². The normalized spacial score (nSPS) is 16.2. The maximum absolute atomic E-state index is 5.85. The van der Waals surface area contributed by atoms with Crippen LogP contribution in [0.2, 0.25) is 0 Å². The summed E-state index contributed by atoms with van der Waals surface area (Å²) in [5.41, 5.74) is 5.12. The monoisotopic (exact) mass is 446 g/mol. The van der Waals surface area contributed by atoms with Gasteiger partial charge in [0.25, 0.3) is 0 Å². The smallest absolute Gasteiger partial charge is 0.153 e. The lowest BCUT2D eigenvalue weighted by molar-refractivity contribution is 0.0818. The van der Waals surface area contributed by atoms with Gasteiger partial charge in [-0.3, -0.25) is 4.99 Å². The first kappa shape index (κ1) is 21.5. The van der Waals surface area contributed by atoms with Crippen molar-refractivity contribution in [1.29, 1.82) is 0 Å². The molecule has 0 bridgehead atoms. The molecule has 3 aromatic rings. The van der Waals surface area contributed by atoms with E-state index >= 15 is 0 Å². The Morgan fingerprint density at radius 1 is 1.09 bits per heavy atom. The number of aryl methyl sites for hydroxylation is 2. The first-order valence-electron chi connectivity index (χ1n) is 11.3. The molecular formula is C25H30N6O2.